The molecule has 0 fully saturated rings. The molecule has 2 heterocycles. The summed E-state index contributed by atoms with van der Waals surface area (Å²) in [5.41, 5.74) is 1.36. The molecule has 1 unspecified atom stereocenters. The molecule has 0 aliphatic carbocycles. The van der Waals surface area contributed by atoms with Crippen molar-refractivity contribution in [1.82, 2.24) is 19.5 Å². The van der Waals surface area contributed by atoms with Gasteiger partial charge in [0.2, 0.25) is 22.6 Å². The number of carboxylic acid groups (broad SMARTS) is 1. The Balaban J connectivity index is 1.23. The Morgan fingerprint density at radius 2 is 1.79 bits per heavy atom. The van der Waals surface area contributed by atoms with Crippen molar-refractivity contribution in [2.24, 2.45) is 5.92 Å². The molecule has 0 saturated carbocycles. The zero-order valence-corrected chi connectivity index (χ0v) is 26.9. The SMILES string of the molecule is COc1ccccc1-c1nc(COc2ccc(CC(CCN(CC(C)C)S(=O)(=O)c3ccc4c(c3)OCO4)N(O)C(=O)O)cc2)no1. The molecular weight excluding hydrogens is 632 g/mol. The molecule has 1 atom stereocenters. The lowest BCUT2D eigenvalue weighted by atomic mass is 10.0. The Morgan fingerprint density at radius 3 is 2.51 bits per heavy atom. The second kappa shape index (κ2) is 14.7. The molecule has 0 radical (unpaired) electrons. The van der Waals surface area contributed by atoms with Crippen LogP contribution in [0.1, 0.15) is 31.7 Å². The molecule has 1 aromatic heterocycles. The second-order valence-corrected chi connectivity index (χ2v) is 13.1. The van der Waals surface area contributed by atoms with Crippen LogP contribution in [0.25, 0.3) is 11.5 Å². The summed E-state index contributed by atoms with van der Waals surface area (Å²) in [4.78, 5) is 16.2. The van der Waals surface area contributed by atoms with E-state index in [1.54, 1.807) is 49.6 Å². The highest BCUT2D eigenvalue weighted by Crippen LogP contribution is 2.35. The lowest BCUT2D eigenvalue weighted by molar-refractivity contribution is -0.0984. The number of sulfonamides is 1. The van der Waals surface area contributed by atoms with E-state index < -0.39 is 22.2 Å². The number of fused-ring (bicyclic) bond motifs is 1. The summed E-state index contributed by atoms with van der Waals surface area (Å²) in [6, 6.07) is 17.6. The maximum atomic E-state index is 13.6. The number of benzene rings is 3. The van der Waals surface area contributed by atoms with E-state index in [1.165, 1.54) is 16.4 Å². The van der Waals surface area contributed by atoms with Gasteiger partial charge in [-0.1, -0.05) is 43.3 Å². The first-order chi connectivity index (χ1) is 22.5. The van der Waals surface area contributed by atoms with Crippen LogP contribution in [0.15, 0.2) is 76.1 Å². The van der Waals surface area contributed by atoms with Gasteiger partial charge in [0.05, 0.1) is 23.6 Å². The van der Waals surface area contributed by atoms with Crippen molar-refractivity contribution >= 4 is 16.1 Å². The summed E-state index contributed by atoms with van der Waals surface area (Å²) < 4.78 is 55.8. The standard InChI is InChI=1S/C32H36N4O10S/c1-21(2)18-35(47(40,41)25-12-13-28-29(17-25)45-20-44-28)15-14-23(36(39)32(37)38)16-22-8-10-24(11-9-22)43-19-30-33-31(46-34-30)26-6-4-5-7-27(26)42-3/h4-13,17,21,23,39H,14-16,18-20H2,1-3H3,(H,37,38). The maximum absolute atomic E-state index is 13.6. The van der Waals surface area contributed by atoms with E-state index in [1.807, 2.05) is 26.0 Å². The molecule has 5 rings (SSSR count). The van der Waals surface area contributed by atoms with Crippen LogP contribution in [0.5, 0.6) is 23.0 Å². The Hall–Kier alpha value is -4.86. The van der Waals surface area contributed by atoms with Crippen LogP contribution in [-0.4, -0.2) is 77.4 Å². The molecule has 1 aliphatic rings. The third-order valence-corrected chi connectivity index (χ3v) is 9.23. The number of methoxy groups -OCH3 is 1. The van der Waals surface area contributed by atoms with Crippen LogP contribution in [0.3, 0.4) is 0 Å². The normalized spacial score (nSPS) is 13.1. The first kappa shape index (κ1) is 33.5. The number of ether oxygens (including phenoxy) is 4. The van der Waals surface area contributed by atoms with E-state index in [9.17, 15) is 23.5 Å². The van der Waals surface area contributed by atoms with Crippen molar-refractivity contribution in [3.8, 4) is 34.5 Å². The summed E-state index contributed by atoms with van der Waals surface area (Å²) in [5.74, 6) is 2.50. The number of para-hydroxylation sites is 1. The van der Waals surface area contributed by atoms with Crippen LogP contribution in [0.2, 0.25) is 0 Å². The zero-order chi connectivity index (χ0) is 33.6. The Morgan fingerprint density at radius 1 is 1.04 bits per heavy atom. The van der Waals surface area contributed by atoms with Crippen molar-refractivity contribution in [3.05, 3.63) is 78.1 Å². The predicted molar refractivity (Wildman–Crippen MR) is 167 cm³/mol. The zero-order valence-electron chi connectivity index (χ0n) is 26.1. The topological polar surface area (TPSA) is 174 Å². The molecule has 4 aromatic rings. The van der Waals surface area contributed by atoms with Gasteiger partial charge < -0.3 is 28.6 Å². The Bertz CT molecular complexity index is 1780. The third kappa shape index (κ3) is 8.11. The van der Waals surface area contributed by atoms with Crippen molar-refractivity contribution in [2.75, 3.05) is 27.0 Å². The fourth-order valence-corrected chi connectivity index (χ4v) is 6.68. The molecule has 250 valence electrons. The van der Waals surface area contributed by atoms with Gasteiger partial charge in [-0.3, -0.25) is 5.21 Å². The van der Waals surface area contributed by atoms with Crippen LogP contribution in [0, 0.1) is 5.92 Å². The Labute approximate surface area is 272 Å². The number of amides is 1. The number of nitrogens with zero attached hydrogens (tertiary/aromatic N) is 4. The number of hydroxylamine groups is 2. The minimum atomic E-state index is -3.97. The summed E-state index contributed by atoms with van der Waals surface area (Å²) in [5, 5.41) is 24.2. The van der Waals surface area contributed by atoms with Crippen molar-refractivity contribution < 1.29 is 47.0 Å². The molecular formula is C32H36N4O10S. The molecule has 14 nitrogen and oxygen atoms in total. The smallest absolute Gasteiger partial charge is 0.431 e. The number of aromatic nitrogens is 2. The van der Waals surface area contributed by atoms with Gasteiger partial charge in [0.1, 0.15) is 11.5 Å². The second-order valence-electron chi connectivity index (χ2n) is 11.2. The van der Waals surface area contributed by atoms with Crippen LogP contribution in [0.4, 0.5) is 4.79 Å². The summed E-state index contributed by atoms with van der Waals surface area (Å²) in [6.45, 7) is 3.97. The molecule has 0 bridgehead atoms. The molecule has 0 spiro atoms. The molecule has 1 aliphatic heterocycles. The van der Waals surface area contributed by atoms with E-state index in [-0.39, 0.29) is 55.2 Å². The van der Waals surface area contributed by atoms with Gasteiger partial charge in [0.25, 0.3) is 5.89 Å². The largest absolute Gasteiger partial charge is 0.496 e. The summed E-state index contributed by atoms with van der Waals surface area (Å²) >= 11 is 0. The van der Waals surface area contributed by atoms with E-state index in [0.29, 0.717) is 45.8 Å². The summed E-state index contributed by atoms with van der Waals surface area (Å²) in [7, 11) is -2.42. The molecule has 47 heavy (non-hydrogen) atoms. The average molecular weight is 669 g/mol. The highest BCUT2D eigenvalue weighted by Gasteiger charge is 2.30. The van der Waals surface area contributed by atoms with E-state index in [0.717, 1.165) is 0 Å². The van der Waals surface area contributed by atoms with Gasteiger partial charge in [0, 0.05) is 19.2 Å². The number of hydrogen-bond acceptors (Lipinski definition) is 11. The lowest BCUT2D eigenvalue weighted by Crippen LogP contribution is -2.42. The lowest BCUT2D eigenvalue weighted by Gasteiger charge is -2.28. The molecule has 15 heteroatoms. The van der Waals surface area contributed by atoms with Gasteiger partial charge >= 0.3 is 6.09 Å². The monoisotopic (exact) mass is 668 g/mol. The van der Waals surface area contributed by atoms with Crippen LogP contribution in [-0.2, 0) is 23.1 Å². The van der Waals surface area contributed by atoms with Crippen LogP contribution >= 0.6 is 0 Å². The number of hydrogen-bond donors (Lipinski definition) is 2. The third-order valence-electron chi connectivity index (χ3n) is 7.37. The fourth-order valence-electron chi connectivity index (χ4n) is 5.05. The molecule has 1 amide bonds. The minimum Gasteiger partial charge on any atom is -0.496 e. The first-order valence-corrected chi connectivity index (χ1v) is 16.3. The van der Waals surface area contributed by atoms with Crippen LogP contribution < -0.4 is 18.9 Å². The molecule has 3 aromatic carbocycles. The molecule has 2 N–H and O–H groups in total. The number of carbonyl (C=O) groups is 1. The fraction of sp³-hybridized carbons (Fsp3) is 0.344. The van der Waals surface area contributed by atoms with Gasteiger partial charge in [-0.15, -0.1) is 0 Å². The number of rotatable bonds is 15. The first-order valence-electron chi connectivity index (χ1n) is 14.8. The van der Waals surface area contributed by atoms with E-state index >= 15 is 0 Å². The van der Waals surface area contributed by atoms with Crippen molar-refractivity contribution in [3.63, 3.8) is 0 Å². The highest BCUT2D eigenvalue weighted by molar-refractivity contribution is 7.89. The van der Waals surface area contributed by atoms with Gasteiger partial charge in [-0.05, 0) is 60.7 Å². The predicted octanol–water partition coefficient (Wildman–Crippen LogP) is 5.07. The average Bonchev–Trinajstić information content (AvgIpc) is 3.74. The van der Waals surface area contributed by atoms with E-state index in [2.05, 4.69) is 10.1 Å². The molecule has 0 saturated heterocycles. The van der Waals surface area contributed by atoms with Gasteiger partial charge in [-0.2, -0.15) is 14.4 Å². The van der Waals surface area contributed by atoms with Gasteiger partial charge in [0.15, 0.2) is 18.1 Å². The Kier molecular flexibility index (Phi) is 10.5. The van der Waals surface area contributed by atoms with Crippen molar-refractivity contribution in [2.45, 2.75) is 44.2 Å². The van der Waals surface area contributed by atoms with Crippen molar-refractivity contribution in [1.29, 1.82) is 0 Å². The maximum Gasteiger partial charge on any atom is 0.431 e. The quantitative estimate of drug-likeness (QED) is 0.127. The van der Waals surface area contributed by atoms with E-state index in [4.69, 9.17) is 23.5 Å². The van der Waals surface area contributed by atoms with Gasteiger partial charge in [-0.25, -0.2) is 13.2 Å². The minimum absolute atomic E-state index is 0.00919. The highest BCUT2D eigenvalue weighted by atomic mass is 32.2. The summed E-state index contributed by atoms with van der Waals surface area (Å²) in [6.07, 6.45) is -1.39.